The van der Waals surface area contributed by atoms with E-state index in [0.717, 1.165) is 34.3 Å². The summed E-state index contributed by atoms with van der Waals surface area (Å²) in [5, 5.41) is 2.04. The van der Waals surface area contributed by atoms with Gasteiger partial charge in [0.15, 0.2) is 5.69 Å². The molecule has 0 fully saturated rings. The fourth-order valence-electron chi connectivity index (χ4n) is 3.29. The van der Waals surface area contributed by atoms with Gasteiger partial charge in [0.25, 0.3) is 0 Å². The molecule has 3 aromatic rings. The Hall–Kier alpha value is -3.16. The van der Waals surface area contributed by atoms with Crippen molar-refractivity contribution in [3.63, 3.8) is 0 Å². The maximum Gasteiger partial charge on any atom is 0.232 e. The first kappa shape index (κ1) is 20.1. The largest absolute Gasteiger partial charge is 0.457 e. The lowest BCUT2D eigenvalue weighted by molar-refractivity contribution is -0.440. The predicted molar refractivity (Wildman–Crippen MR) is 119 cm³/mol. The molecule has 0 spiro atoms. The van der Waals surface area contributed by atoms with Crippen molar-refractivity contribution in [3.05, 3.63) is 78.4 Å². The number of ether oxygens (including phenoxy) is 1. The minimum Gasteiger partial charge on any atom is -0.457 e. The number of nitrogens with zero attached hydrogens (tertiary/aromatic N) is 1. The molecule has 0 bridgehead atoms. The Bertz CT molecular complexity index is 1160. The molecule has 0 atom stereocenters. The number of rotatable bonds is 8. The summed E-state index contributed by atoms with van der Waals surface area (Å²) in [5.41, 5.74) is 3.45. The van der Waals surface area contributed by atoms with Crippen LogP contribution in [-0.2, 0) is 16.4 Å². The molecule has 0 radical (unpaired) electrons. The summed E-state index contributed by atoms with van der Waals surface area (Å²) < 4.78 is 32.4. The number of nitrogens with two attached hydrogens (primary N) is 1. The van der Waals surface area contributed by atoms with Crippen LogP contribution >= 0.6 is 0 Å². The van der Waals surface area contributed by atoms with Gasteiger partial charge in [0.2, 0.25) is 15.9 Å². The summed E-state index contributed by atoms with van der Waals surface area (Å²) in [5.74, 6) is 2.64. The lowest BCUT2D eigenvalue weighted by Gasteiger charge is -2.07. The number of para-hydroxylation sites is 1. The van der Waals surface area contributed by atoms with E-state index in [-0.39, 0.29) is 5.75 Å². The van der Waals surface area contributed by atoms with E-state index in [1.54, 1.807) is 12.1 Å². The maximum absolute atomic E-state index is 12.0. The Morgan fingerprint density at radius 2 is 1.70 bits per heavy atom. The molecular weight excluding hydrogens is 398 g/mol. The highest BCUT2D eigenvalue weighted by molar-refractivity contribution is 7.92. The average Bonchev–Trinajstić information content (AvgIpc) is 3.11. The number of benzene rings is 3. The highest BCUT2D eigenvalue weighted by Gasteiger charge is 2.21. The van der Waals surface area contributed by atoms with Crippen molar-refractivity contribution in [2.75, 3.05) is 10.5 Å². The van der Waals surface area contributed by atoms with Gasteiger partial charge in [-0.15, -0.1) is 0 Å². The first-order valence-corrected chi connectivity index (χ1v) is 11.5. The van der Waals surface area contributed by atoms with E-state index >= 15 is 0 Å². The number of amidine groups is 1. The summed E-state index contributed by atoms with van der Waals surface area (Å²) in [7, 11) is -3.31. The van der Waals surface area contributed by atoms with Crippen molar-refractivity contribution < 1.29 is 18.5 Å². The molecule has 3 N–H and O–H groups in total. The summed E-state index contributed by atoms with van der Waals surface area (Å²) in [6.45, 7) is 1.84. The van der Waals surface area contributed by atoms with Crippen molar-refractivity contribution in [2.24, 2.45) is 4.99 Å². The summed E-state index contributed by atoms with van der Waals surface area (Å²) >= 11 is 0. The SMILES string of the molecule is CCCS(=O)(=O)Nc1ccc2c(c1)N=C(Cc1ccc(Oc3ccccc3)cc1)[NH2+]2. The summed E-state index contributed by atoms with van der Waals surface area (Å²) in [6, 6.07) is 23.1. The second-order valence-corrected chi connectivity index (χ2v) is 9.02. The number of anilines is 1. The van der Waals surface area contributed by atoms with Crippen LogP contribution in [-0.4, -0.2) is 20.0 Å². The van der Waals surface area contributed by atoms with Crippen molar-refractivity contribution in [2.45, 2.75) is 19.8 Å². The third-order valence-electron chi connectivity index (χ3n) is 4.65. The van der Waals surface area contributed by atoms with Gasteiger partial charge in [-0.2, -0.15) is 4.99 Å². The molecule has 0 saturated heterocycles. The van der Waals surface area contributed by atoms with Gasteiger partial charge in [0.1, 0.15) is 17.2 Å². The molecule has 1 aliphatic rings. The van der Waals surface area contributed by atoms with Gasteiger partial charge in [-0.1, -0.05) is 37.3 Å². The van der Waals surface area contributed by atoms with Crippen LogP contribution in [0, 0.1) is 0 Å². The van der Waals surface area contributed by atoms with E-state index in [9.17, 15) is 8.42 Å². The minimum absolute atomic E-state index is 0.106. The molecule has 4 rings (SSSR count). The van der Waals surface area contributed by atoms with Gasteiger partial charge in [0.05, 0.1) is 17.9 Å². The zero-order valence-corrected chi connectivity index (χ0v) is 17.5. The van der Waals surface area contributed by atoms with Gasteiger partial charge in [-0.05, 0) is 48.4 Å². The van der Waals surface area contributed by atoms with Gasteiger partial charge in [0, 0.05) is 6.07 Å². The quantitative estimate of drug-likeness (QED) is 0.536. The van der Waals surface area contributed by atoms with Crippen LogP contribution < -0.4 is 14.8 Å². The monoisotopic (exact) mass is 422 g/mol. The Labute approximate surface area is 176 Å². The zero-order chi connectivity index (χ0) is 21.0. The Balaban J connectivity index is 1.41. The Kier molecular flexibility index (Phi) is 5.83. The van der Waals surface area contributed by atoms with Crippen molar-refractivity contribution in [1.82, 2.24) is 0 Å². The molecule has 30 heavy (non-hydrogen) atoms. The number of hydrogen-bond acceptors (Lipinski definition) is 4. The Morgan fingerprint density at radius 1 is 0.967 bits per heavy atom. The van der Waals surface area contributed by atoms with E-state index in [1.807, 2.05) is 72.9 Å². The van der Waals surface area contributed by atoms with E-state index in [0.29, 0.717) is 18.5 Å². The van der Waals surface area contributed by atoms with Gasteiger partial charge < -0.3 is 4.74 Å². The number of fused-ring (bicyclic) bond motifs is 1. The first-order chi connectivity index (χ1) is 14.5. The fraction of sp³-hybridized carbons (Fsp3) is 0.174. The number of quaternary nitrogens is 1. The summed E-state index contributed by atoms with van der Waals surface area (Å²) in [4.78, 5) is 4.67. The van der Waals surface area contributed by atoms with Crippen LogP contribution in [0.15, 0.2) is 77.8 Å². The lowest BCUT2D eigenvalue weighted by atomic mass is 10.1. The van der Waals surface area contributed by atoms with E-state index in [4.69, 9.17) is 4.74 Å². The first-order valence-electron chi connectivity index (χ1n) is 9.89. The molecular formula is C23H24N3O3S+. The van der Waals surface area contributed by atoms with Crippen molar-refractivity contribution in [3.8, 4) is 11.5 Å². The number of aliphatic imine (C=N–C) groups is 1. The molecule has 0 amide bonds. The normalized spacial score (nSPS) is 12.9. The van der Waals surface area contributed by atoms with Gasteiger partial charge in [-0.3, -0.25) is 10.0 Å². The van der Waals surface area contributed by atoms with E-state index in [1.165, 1.54) is 0 Å². The van der Waals surface area contributed by atoms with Crippen LogP contribution in [0.2, 0.25) is 0 Å². The van der Waals surface area contributed by atoms with E-state index < -0.39 is 10.0 Å². The molecule has 0 unspecified atom stereocenters. The smallest absolute Gasteiger partial charge is 0.232 e. The molecule has 0 aliphatic carbocycles. The van der Waals surface area contributed by atoms with Crippen LogP contribution in [0.25, 0.3) is 0 Å². The second-order valence-electron chi connectivity index (χ2n) is 7.18. The molecule has 1 heterocycles. The maximum atomic E-state index is 12.0. The zero-order valence-electron chi connectivity index (χ0n) is 16.7. The molecule has 3 aromatic carbocycles. The summed E-state index contributed by atoms with van der Waals surface area (Å²) in [6.07, 6.45) is 1.27. The molecule has 6 nitrogen and oxygen atoms in total. The molecule has 1 aliphatic heterocycles. The van der Waals surface area contributed by atoms with Gasteiger partial charge >= 0.3 is 0 Å². The fourth-order valence-corrected chi connectivity index (χ4v) is 4.42. The molecule has 0 saturated carbocycles. The van der Waals surface area contributed by atoms with Crippen molar-refractivity contribution >= 4 is 32.9 Å². The highest BCUT2D eigenvalue weighted by atomic mass is 32.2. The van der Waals surface area contributed by atoms with Crippen LogP contribution in [0.3, 0.4) is 0 Å². The highest BCUT2D eigenvalue weighted by Crippen LogP contribution is 2.29. The molecule has 154 valence electrons. The minimum atomic E-state index is -3.31. The third-order valence-corrected chi connectivity index (χ3v) is 6.14. The molecule has 0 aromatic heterocycles. The number of nitrogens with one attached hydrogen (secondary N) is 1. The van der Waals surface area contributed by atoms with E-state index in [2.05, 4.69) is 9.71 Å². The van der Waals surface area contributed by atoms with Gasteiger partial charge in [-0.25, -0.2) is 8.42 Å². The standard InChI is InChI=1S/C23H23N3O3S/c1-2-14-30(27,28)26-18-10-13-21-22(16-18)25-23(24-21)15-17-8-11-20(12-9-17)29-19-6-4-3-5-7-19/h3-13,16,26H,2,14-15H2,1H3,(H,24,25)/p+1. The third kappa shape index (κ3) is 5.06. The number of hydrogen-bond donors (Lipinski definition) is 2. The average molecular weight is 423 g/mol. The second kappa shape index (κ2) is 8.69. The van der Waals surface area contributed by atoms with Crippen LogP contribution in [0.1, 0.15) is 18.9 Å². The topological polar surface area (TPSA) is 84.4 Å². The van der Waals surface area contributed by atoms with Crippen molar-refractivity contribution in [1.29, 1.82) is 0 Å². The lowest BCUT2D eigenvalue weighted by Crippen LogP contribution is -2.81. The number of sulfonamides is 1. The predicted octanol–water partition coefficient (Wildman–Crippen LogP) is 4.11. The van der Waals surface area contributed by atoms with Crippen LogP contribution in [0.4, 0.5) is 17.1 Å². The Morgan fingerprint density at radius 3 is 2.43 bits per heavy atom. The van der Waals surface area contributed by atoms with Crippen LogP contribution in [0.5, 0.6) is 11.5 Å². The molecule has 7 heteroatoms.